The predicted molar refractivity (Wildman–Crippen MR) is 257 cm³/mol. The van der Waals surface area contributed by atoms with Crippen molar-refractivity contribution < 1.29 is 88.8 Å². The standard InChI is InChI=1S/C51H55N3O12S2.Na/c1-35-34-50(2,3)53(27-28-64-5)43-33-45-40(32-39(35)43)37(30-44(65-45)36-16-11-9-12-17-36)18-10-7-6-8-13-19-46-51(4,25-14-20-49(57)66-54-47(55)23-24-48(54)56)41-31-38(68(61,62)63)21-22-42(41)52(46)26-15-29-67(58,59)60;/h6-13,16-19,21-22,30-34H,14-15,20,23-29H2,1-5H3,(H-,58,59,60,61,62,63);/q;+1. The summed E-state index contributed by atoms with van der Waals surface area (Å²) in [6.07, 6.45) is 17.3. The Bertz CT molecular complexity index is 2960. The molecule has 18 heteroatoms. The molecule has 2 amide bonds. The van der Waals surface area contributed by atoms with Gasteiger partial charge in [0.25, 0.3) is 21.9 Å². The zero-order valence-corrected chi connectivity index (χ0v) is 43.3. The molecule has 0 radical (unpaired) electrons. The number of carbonyl (C=O) groups excluding carboxylic acids is 3. The number of hydrogen-bond donors (Lipinski definition) is 1. The third-order valence-electron chi connectivity index (χ3n) is 12.5. The molecule has 1 saturated heterocycles. The molecule has 4 heterocycles. The van der Waals surface area contributed by atoms with Crippen molar-refractivity contribution in [3.05, 3.63) is 138 Å². The molecule has 3 aromatic rings. The van der Waals surface area contributed by atoms with Gasteiger partial charge in [-0.15, -0.1) is 5.06 Å². The first-order valence-electron chi connectivity index (χ1n) is 22.3. The second-order valence-electron chi connectivity index (χ2n) is 17.8. The summed E-state index contributed by atoms with van der Waals surface area (Å²) in [5, 5.41) is 0.472. The molecule has 358 valence electrons. The number of fused-ring (bicyclic) bond motifs is 3. The average molecular weight is 989 g/mol. The van der Waals surface area contributed by atoms with Gasteiger partial charge < -0.3 is 23.8 Å². The molecule has 1 N–H and O–H groups in total. The number of methoxy groups -OCH3 is 1. The van der Waals surface area contributed by atoms with Gasteiger partial charge in [0.1, 0.15) is 28.2 Å². The Balaban J connectivity index is 0.00000782. The average Bonchev–Trinajstić information content (AvgIpc) is 3.71. The van der Waals surface area contributed by atoms with E-state index >= 15 is 0 Å². The first-order chi connectivity index (χ1) is 32.2. The maximum Gasteiger partial charge on any atom is 1.00 e. The topological polar surface area (TPSA) is 200 Å². The summed E-state index contributed by atoms with van der Waals surface area (Å²) in [6.45, 7) is 9.66. The van der Waals surface area contributed by atoms with Gasteiger partial charge in [-0.1, -0.05) is 72.9 Å². The van der Waals surface area contributed by atoms with Crippen LogP contribution in [0, 0.1) is 0 Å². The van der Waals surface area contributed by atoms with Gasteiger partial charge in [0, 0.05) is 85.5 Å². The van der Waals surface area contributed by atoms with Crippen LogP contribution in [0.3, 0.4) is 0 Å². The molecule has 3 aromatic carbocycles. The molecule has 0 aromatic heterocycles. The third-order valence-corrected chi connectivity index (χ3v) is 14.1. The van der Waals surface area contributed by atoms with Gasteiger partial charge in [0.2, 0.25) is 5.69 Å². The largest absolute Gasteiger partial charge is 1.00 e. The Morgan fingerprint density at radius 1 is 0.928 bits per heavy atom. The van der Waals surface area contributed by atoms with Crippen LogP contribution in [0.25, 0.3) is 16.9 Å². The maximum atomic E-state index is 12.8. The number of imide groups is 1. The van der Waals surface area contributed by atoms with Crippen molar-refractivity contribution in [3.63, 3.8) is 0 Å². The monoisotopic (exact) mass is 988 g/mol. The van der Waals surface area contributed by atoms with Crippen LogP contribution in [-0.4, -0.2) is 97.2 Å². The second kappa shape index (κ2) is 21.8. The molecule has 0 saturated carbocycles. The summed E-state index contributed by atoms with van der Waals surface area (Å²) in [5.41, 5.74) is 6.39. The molecule has 1 unspecified atom stereocenters. The molecule has 15 nitrogen and oxygen atoms in total. The molecule has 1 atom stereocenters. The van der Waals surface area contributed by atoms with E-state index in [9.17, 15) is 40.3 Å². The Morgan fingerprint density at radius 2 is 1.62 bits per heavy atom. The van der Waals surface area contributed by atoms with E-state index in [1.807, 2.05) is 67.6 Å². The number of benzene rings is 3. The molecule has 69 heavy (non-hydrogen) atoms. The van der Waals surface area contributed by atoms with Gasteiger partial charge in [-0.25, -0.2) is 13.2 Å². The van der Waals surface area contributed by atoms with Crippen LogP contribution in [-0.2, 0) is 49.6 Å². The number of rotatable bonds is 18. The molecule has 0 aliphatic carbocycles. The van der Waals surface area contributed by atoms with Crippen LogP contribution in [0.2, 0.25) is 0 Å². The Hall–Kier alpha value is -5.24. The number of nitrogens with zero attached hydrogens (tertiary/aromatic N) is 3. The number of anilines is 1. The quantitative estimate of drug-likeness (QED) is 0.0598. The third kappa shape index (κ3) is 12.2. The smallest absolute Gasteiger partial charge is 0.744 e. The van der Waals surface area contributed by atoms with E-state index in [4.69, 9.17) is 14.3 Å². The van der Waals surface area contributed by atoms with Crippen molar-refractivity contribution >= 4 is 72.0 Å². The number of hydroxylamine groups is 2. The summed E-state index contributed by atoms with van der Waals surface area (Å²) in [7, 11) is -7.50. The van der Waals surface area contributed by atoms with Gasteiger partial charge in [0.15, 0.2) is 5.71 Å². The molecule has 7 rings (SSSR count). The summed E-state index contributed by atoms with van der Waals surface area (Å²) < 4.78 is 83.7. The minimum absolute atomic E-state index is 0. The summed E-state index contributed by atoms with van der Waals surface area (Å²) >= 11 is 0. The van der Waals surface area contributed by atoms with E-state index in [2.05, 4.69) is 43.9 Å². The normalized spacial score (nSPS) is 19.5. The first-order valence-corrected chi connectivity index (χ1v) is 25.3. The summed E-state index contributed by atoms with van der Waals surface area (Å²) in [6, 6.07) is 18.1. The molecular formula is C51H55N3NaO12S2+. The fraction of sp³-hybridized carbons (Fsp3) is 0.333. The molecule has 0 bridgehead atoms. The Kier molecular flexibility index (Phi) is 16.8. The van der Waals surface area contributed by atoms with Crippen LogP contribution in [0.15, 0.2) is 120 Å². The molecule has 1 fully saturated rings. The van der Waals surface area contributed by atoms with Crippen molar-refractivity contribution in [1.82, 2.24) is 5.06 Å². The Labute approximate surface area is 426 Å². The second-order valence-corrected chi connectivity index (χ2v) is 20.7. The van der Waals surface area contributed by atoms with Gasteiger partial charge in [-0.3, -0.25) is 14.1 Å². The van der Waals surface area contributed by atoms with Crippen molar-refractivity contribution in [2.45, 2.75) is 82.1 Å². The van der Waals surface area contributed by atoms with Crippen LogP contribution < -0.4 is 39.2 Å². The van der Waals surface area contributed by atoms with Gasteiger partial charge in [-0.05, 0) is 76.0 Å². The maximum absolute atomic E-state index is 12.8. The van der Waals surface area contributed by atoms with Crippen LogP contribution in [0.5, 0.6) is 5.75 Å². The van der Waals surface area contributed by atoms with Gasteiger partial charge in [0.05, 0.1) is 28.2 Å². The predicted octanol–water partition coefficient (Wildman–Crippen LogP) is 4.84. The van der Waals surface area contributed by atoms with E-state index in [-0.39, 0.29) is 80.2 Å². The van der Waals surface area contributed by atoms with Crippen molar-refractivity contribution in [2.75, 3.05) is 37.5 Å². The van der Waals surface area contributed by atoms with Crippen LogP contribution in [0.4, 0.5) is 11.4 Å². The fourth-order valence-electron chi connectivity index (χ4n) is 9.24. The van der Waals surface area contributed by atoms with E-state index in [0.29, 0.717) is 40.9 Å². The van der Waals surface area contributed by atoms with E-state index in [1.54, 1.807) is 29.9 Å². The minimum Gasteiger partial charge on any atom is -0.744 e. The molecule has 4 aliphatic rings. The van der Waals surface area contributed by atoms with E-state index in [1.165, 1.54) is 18.2 Å². The number of amides is 2. The zero-order chi connectivity index (χ0) is 49.0. The van der Waals surface area contributed by atoms with Gasteiger partial charge >= 0.3 is 35.5 Å². The number of ether oxygens (including phenoxy) is 2. The zero-order valence-electron chi connectivity index (χ0n) is 39.6. The molecule has 4 aliphatic heterocycles. The number of allylic oxidation sites excluding steroid dienone is 10. The summed E-state index contributed by atoms with van der Waals surface area (Å²) in [5.74, 6) is -1.15. The first kappa shape index (κ1) is 53.1. The van der Waals surface area contributed by atoms with Crippen LogP contribution >= 0.6 is 0 Å². The van der Waals surface area contributed by atoms with Crippen LogP contribution in [0.1, 0.15) is 88.5 Å². The molecule has 0 spiro atoms. The van der Waals surface area contributed by atoms with Gasteiger partial charge in [-0.2, -0.15) is 13.0 Å². The van der Waals surface area contributed by atoms with E-state index < -0.39 is 54.1 Å². The fourth-order valence-corrected chi connectivity index (χ4v) is 10.2. The number of hydrogen-bond acceptors (Lipinski definition) is 12. The number of carbonyl (C=O) groups is 3. The van der Waals surface area contributed by atoms with Crippen molar-refractivity contribution in [3.8, 4) is 5.75 Å². The SMILES string of the molecule is COCCN1c2cc3c(cc2C(C)=CC1(C)C)C(=CC=CC=CC=CC1=[N+](CCCS(=O)(=O)O)c2ccc(S(=O)(=O)[O-])cc2C1(C)CCCC(=O)ON1C(=O)CCC1=O)C=C(c1ccccc1)O3.[Na+]. The minimum atomic E-state index is -4.89. The molecular weight excluding hydrogens is 934 g/mol. The van der Waals surface area contributed by atoms with E-state index in [0.717, 1.165) is 39.3 Å². The summed E-state index contributed by atoms with van der Waals surface area (Å²) in [4.78, 5) is 43.9. The van der Waals surface area contributed by atoms with Crippen molar-refractivity contribution in [2.24, 2.45) is 0 Å². The van der Waals surface area contributed by atoms with Crippen molar-refractivity contribution in [1.29, 1.82) is 0 Å². The Morgan fingerprint density at radius 3 is 2.30 bits per heavy atom.